The van der Waals surface area contributed by atoms with Gasteiger partial charge in [0.25, 0.3) is 5.91 Å². The molecule has 0 N–H and O–H groups in total. The number of carbonyl (C=O) groups is 1. The highest BCUT2D eigenvalue weighted by Crippen LogP contribution is 2.20. The maximum atomic E-state index is 13.1. The Balaban J connectivity index is 2.53. The van der Waals surface area contributed by atoms with Crippen molar-refractivity contribution in [3.05, 3.63) is 65.2 Å². The lowest BCUT2D eigenvalue weighted by Gasteiger charge is -2.17. The molecule has 0 bridgehead atoms. The average molecular weight is 323 g/mol. The fourth-order valence-electron chi connectivity index (χ4n) is 1.70. The summed E-state index contributed by atoms with van der Waals surface area (Å²) < 4.78 is 18.5. The van der Waals surface area contributed by atoms with Crippen LogP contribution in [-0.2, 0) is 9.92 Å². The molecule has 1 atom stereocenters. The Kier molecular flexibility index (Phi) is 4.77. The summed E-state index contributed by atoms with van der Waals surface area (Å²) in [6, 6.07) is 15.1. The van der Waals surface area contributed by atoms with E-state index in [0.717, 1.165) is 0 Å². The number of benzene rings is 2. The quantitative estimate of drug-likeness (QED) is 0.868. The Morgan fingerprint density at radius 2 is 1.62 bits per heavy atom. The number of carbonyl (C=O) groups excluding carboxylic acids is 1. The summed E-state index contributed by atoms with van der Waals surface area (Å²) in [5.74, 6) is -0.510. The molecule has 110 valence electrons. The van der Waals surface area contributed by atoms with Gasteiger partial charge in [-0.1, -0.05) is 29.8 Å². The van der Waals surface area contributed by atoms with E-state index in [1.165, 1.54) is 4.31 Å². The van der Waals surface area contributed by atoms with Gasteiger partial charge in [-0.3, -0.25) is 4.79 Å². The Morgan fingerprint density at radius 3 is 2.14 bits per heavy atom. The molecule has 0 aromatic heterocycles. The summed E-state index contributed by atoms with van der Waals surface area (Å²) in [4.78, 5) is 12.7. The number of hydrogen-bond donors (Lipinski definition) is 0. The molecule has 0 radical (unpaired) electrons. The number of nitrogens with zero attached hydrogens (tertiary/aromatic N) is 2. The summed E-state index contributed by atoms with van der Waals surface area (Å²) >= 11 is 5.84. The van der Waals surface area contributed by atoms with Crippen molar-refractivity contribution in [2.24, 2.45) is 4.36 Å². The zero-order valence-corrected chi connectivity index (χ0v) is 13.3. The van der Waals surface area contributed by atoms with Crippen LogP contribution in [0.25, 0.3) is 0 Å². The van der Waals surface area contributed by atoms with Gasteiger partial charge in [-0.15, -0.1) is 4.36 Å². The summed E-state index contributed by atoms with van der Waals surface area (Å²) in [6.45, 7) is 0. The third-order valence-electron chi connectivity index (χ3n) is 2.84. The normalized spacial score (nSPS) is 13.7. The van der Waals surface area contributed by atoms with Gasteiger partial charge < -0.3 is 0 Å². The highest BCUT2D eigenvalue weighted by Gasteiger charge is 2.18. The van der Waals surface area contributed by atoms with Crippen LogP contribution in [-0.4, -0.2) is 28.5 Å². The van der Waals surface area contributed by atoms with E-state index in [2.05, 4.69) is 4.36 Å². The molecule has 0 unspecified atom stereocenters. The molecule has 2 rings (SSSR count). The maximum Gasteiger partial charge on any atom is 0.286 e. The van der Waals surface area contributed by atoms with Crippen LogP contribution in [0.5, 0.6) is 0 Å². The molecular formula is C15H15ClN2O2S. The summed E-state index contributed by atoms with van der Waals surface area (Å²) in [7, 11) is 0.249. The van der Waals surface area contributed by atoms with Crippen molar-refractivity contribution < 1.29 is 9.00 Å². The first-order valence-electron chi connectivity index (χ1n) is 6.23. The molecule has 0 spiro atoms. The van der Waals surface area contributed by atoms with Gasteiger partial charge in [0.05, 0.1) is 4.90 Å². The third kappa shape index (κ3) is 3.50. The van der Waals surface area contributed by atoms with E-state index in [-0.39, 0.29) is 0 Å². The minimum Gasteiger partial charge on any atom is -0.266 e. The molecule has 2 aromatic carbocycles. The second-order valence-corrected chi connectivity index (χ2v) is 7.34. The van der Waals surface area contributed by atoms with E-state index >= 15 is 0 Å². The zero-order chi connectivity index (χ0) is 15.5. The lowest BCUT2D eigenvalue weighted by atomic mass is 10.2. The number of rotatable bonds is 3. The molecule has 2 aromatic rings. The number of halogens is 1. The maximum absolute atomic E-state index is 13.1. The van der Waals surface area contributed by atoms with Crippen LogP contribution in [0.4, 0.5) is 0 Å². The molecule has 21 heavy (non-hydrogen) atoms. The van der Waals surface area contributed by atoms with E-state index in [9.17, 15) is 9.00 Å². The topological polar surface area (TPSA) is 49.7 Å². The number of amides is 1. The van der Waals surface area contributed by atoms with Crippen molar-refractivity contribution in [3.63, 3.8) is 0 Å². The van der Waals surface area contributed by atoms with Crippen LogP contribution in [0.2, 0.25) is 5.02 Å². The van der Waals surface area contributed by atoms with Gasteiger partial charge in [-0.05, 0) is 36.4 Å². The predicted molar refractivity (Wildman–Crippen MR) is 84.7 cm³/mol. The second-order valence-electron chi connectivity index (χ2n) is 4.53. The van der Waals surface area contributed by atoms with Crippen molar-refractivity contribution >= 4 is 27.4 Å². The predicted octanol–water partition coefficient (Wildman–Crippen LogP) is 3.48. The first kappa shape index (κ1) is 15.7. The SMILES string of the molecule is CN(C)[S@@](=O)(=NC(=O)c1ccccc1)c1ccc(Cl)cc1. The van der Waals surface area contributed by atoms with Gasteiger partial charge >= 0.3 is 0 Å². The Morgan fingerprint density at radius 1 is 1.05 bits per heavy atom. The second kappa shape index (κ2) is 6.39. The van der Waals surface area contributed by atoms with Gasteiger partial charge in [-0.2, -0.15) is 0 Å². The largest absolute Gasteiger partial charge is 0.286 e. The zero-order valence-electron chi connectivity index (χ0n) is 11.7. The van der Waals surface area contributed by atoms with Crippen LogP contribution < -0.4 is 0 Å². The van der Waals surface area contributed by atoms with Crippen LogP contribution >= 0.6 is 11.6 Å². The fraction of sp³-hybridized carbons (Fsp3) is 0.133. The fourth-order valence-corrected chi connectivity index (χ4v) is 3.34. The van der Waals surface area contributed by atoms with E-state index in [1.807, 2.05) is 0 Å². The lowest BCUT2D eigenvalue weighted by molar-refractivity contribution is 0.100. The van der Waals surface area contributed by atoms with Gasteiger partial charge in [0.15, 0.2) is 0 Å². The van der Waals surface area contributed by atoms with E-state index in [1.54, 1.807) is 68.7 Å². The molecular weight excluding hydrogens is 308 g/mol. The molecule has 0 heterocycles. The van der Waals surface area contributed by atoms with Gasteiger partial charge in [0.1, 0.15) is 9.92 Å². The van der Waals surface area contributed by atoms with Crippen molar-refractivity contribution in [1.82, 2.24) is 4.31 Å². The first-order chi connectivity index (χ1) is 9.93. The molecule has 0 saturated heterocycles. The van der Waals surface area contributed by atoms with Gasteiger partial charge in [0.2, 0.25) is 0 Å². The van der Waals surface area contributed by atoms with Gasteiger partial charge in [-0.25, -0.2) is 8.51 Å². The molecule has 0 saturated carbocycles. The Labute approximate surface area is 129 Å². The standard InChI is InChI=1S/C15H15ClN2O2S/c1-18(2)21(20,14-10-8-13(16)9-11-14)17-15(19)12-6-4-3-5-7-12/h3-11H,1-2H3/t21-/m0/s1. The highest BCUT2D eigenvalue weighted by molar-refractivity contribution is 7.91. The van der Waals surface area contributed by atoms with Crippen molar-refractivity contribution in [2.75, 3.05) is 14.1 Å². The lowest BCUT2D eigenvalue weighted by Crippen LogP contribution is -2.23. The van der Waals surface area contributed by atoms with Gasteiger partial charge in [0, 0.05) is 24.7 Å². The molecule has 0 aliphatic heterocycles. The summed E-state index contributed by atoms with van der Waals surface area (Å²) in [5, 5.41) is 0.536. The van der Waals surface area contributed by atoms with Crippen LogP contribution in [0.1, 0.15) is 10.4 Å². The van der Waals surface area contributed by atoms with E-state index in [4.69, 9.17) is 11.6 Å². The summed E-state index contributed by atoms with van der Waals surface area (Å²) in [6.07, 6.45) is 0. The molecule has 4 nitrogen and oxygen atoms in total. The number of hydrogen-bond acceptors (Lipinski definition) is 2. The Bertz CT molecular complexity index is 749. The first-order valence-corrected chi connectivity index (χ1v) is 8.08. The Hall–Kier alpha value is -1.69. The molecule has 0 fully saturated rings. The van der Waals surface area contributed by atoms with Crippen molar-refractivity contribution in [1.29, 1.82) is 0 Å². The highest BCUT2D eigenvalue weighted by atomic mass is 35.5. The molecule has 6 heteroatoms. The van der Waals surface area contributed by atoms with Crippen molar-refractivity contribution in [2.45, 2.75) is 4.90 Å². The van der Waals surface area contributed by atoms with E-state index < -0.39 is 15.8 Å². The van der Waals surface area contributed by atoms with Crippen LogP contribution in [0.15, 0.2) is 63.9 Å². The monoisotopic (exact) mass is 322 g/mol. The summed E-state index contributed by atoms with van der Waals surface area (Å²) in [5.41, 5.74) is 0.404. The molecule has 0 aliphatic carbocycles. The smallest absolute Gasteiger partial charge is 0.266 e. The van der Waals surface area contributed by atoms with Crippen LogP contribution in [0.3, 0.4) is 0 Å². The minimum atomic E-state index is -3.00. The van der Waals surface area contributed by atoms with Crippen molar-refractivity contribution in [3.8, 4) is 0 Å². The average Bonchev–Trinajstić information content (AvgIpc) is 2.48. The third-order valence-corrected chi connectivity index (χ3v) is 5.38. The minimum absolute atomic E-state index is 0.404. The molecule has 1 amide bonds. The van der Waals surface area contributed by atoms with Crippen LogP contribution in [0, 0.1) is 0 Å². The van der Waals surface area contributed by atoms with E-state index in [0.29, 0.717) is 15.5 Å². The molecule has 0 aliphatic rings.